The minimum Gasteiger partial charge on any atom is -0.298 e. The van der Waals surface area contributed by atoms with E-state index in [9.17, 15) is 9.59 Å². The van der Waals surface area contributed by atoms with Crippen LogP contribution >= 0.6 is 23.8 Å². The number of nitrogens with one attached hydrogen (secondary N) is 1. The molecule has 2 aromatic carbocycles. The van der Waals surface area contributed by atoms with Gasteiger partial charge in [-0.3, -0.25) is 24.5 Å². The van der Waals surface area contributed by atoms with Gasteiger partial charge in [0, 0.05) is 16.3 Å². The Morgan fingerprint density at radius 3 is 2.47 bits per heavy atom. The minimum absolute atomic E-state index is 0.00495. The summed E-state index contributed by atoms with van der Waals surface area (Å²) in [6, 6.07) is 15.0. The summed E-state index contributed by atoms with van der Waals surface area (Å²) < 4.78 is 1.82. The molecule has 0 atom stereocenters. The lowest BCUT2D eigenvalue weighted by atomic mass is 10.0. The van der Waals surface area contributed by atoms with Crippen molar-refractivity contribution in [1.29, 1.82) is 0 Å². The minimum atomic E-state index is -0.525. The maximum Gasteiger partial charge on any atom is 0.270 e. The summed E-state index contributed by atoms with van der Waals surface area (Å²) in [6.45, 7) is 6.11. The number of rotatable bonds is 4. The van der Waals surface area contributed by atoms with Crippen LogP contribution < -0.4 is 10.2 Å². The van der Waals surface area contributed by atoms with E-state index in [-0.39, 0.29) is 10.7 Å². The lowest BCUT2D eigenvalue weighted by Gasteiger charge is -2.30. The van der Waals surface area contributed by atoms with Crippen LogP contribution in [0.3, 0.4) is 0 Å². The van der Waals surface area contributed by atoms with Crippen LogP contribution in [0, 0.1) is 20.8 Å². The number of para-hydroxylation sites is 1. The second-order valence-corrected chi connectivity index (χ2v) is 8.37. The Morgan fingerprint density at radius 2 is 1.75 bits per heavy atom. The zero-order chi connectivity index (χ0) is 23.0. The Morgan fingerprint density at radius 1 is 1.06 bits per heavy atom. The average molecular weight is 465 g/mol. The predicted octanol–water partition coefficient (Wildman–Crippen LogP) is 4.34. The molecule has 0 radical (unpaired) electrons. The van der Waals surface area contributed by atoms with Gasteiger partial charge in [0.1, 0.15) is 5.57 Å². The molecule has 1 aliphatic rings. The van der Waals surface area contributed by atoms with E-state index in [0.717, 1.165) is 16.8 Å². The Bertz CT molecular complexity index is 1290. The van der Waals surface area contributed by atoms with Crippen molar-refractivity contribution in [2.45, 2.75) is 27.3 Å². The average Bonchev–Trinajstić information content (AvgIpc) is 3.01. The number of halogens is 1. The highest BCUT2D eigenvalue weighted by Gasteiger charge is 2.35. The van der Waals surface area contributed by atoms with Gasteiger partial charge < -0.3 is 0 Å². The van der Waals surface area contributed by atoms with Gasteiger partial charge in [-0.05, 0) is 62.3 Å². The Kier molecular flexibility index (Phi) is 5.95. The number of benzene rings is 2. The van der Waals surface area contributed by atoms with Gasteiger partial charge in [-0.25, -0.2) is 0 Å². The Hall–Kier alpha value is -3.29. The quantitative estimate of drug-likeness (QED) is 0.354. The molecule has 0 spiro atoms. The molecule has 1 aromatic heterocycles. The van der Waals surface area contributed by atoms with Crippen molar-refractivity contribution in [1.82, 2.24) is 15.1 Å². The molecule has 1 aliphatic heterocycles. The summed E-state index contributed by atoms with van der Waals surface area (Å²) in [5.74, 6) is -0.992. The van der Waals surface area contributed by atoms with Gasteiger partial charge >= 0.3 is 0 Å². The molecule has 0 bridgehead atoms. The molecule has 0 aliphatic carbocycles. The van der Waals surface area contributed by atoms with Crippen molar-refractivity contribution in [3.8, 4) is 0 Å². The first-order chi connectivity index (χ1) is 15.3. The van der Waals surface area contributed by atoms with Gasteiger partial charge in [-0.1, -0.05) is 48.0 Å². The van der Waals surface area contributed by atoms with Crippen molar-refractivity contribution in [2.24, 2.45) is 0 Å². The van der Waals surface area contributed by atoms with Crippen LogP contribution in [0.15, 0.2) is 54.1 Å². The largest absolute Gasteiger partial charge is 0.298 e. The summed E-state index contributed by atoms with van der Waals surface area (Å²) in [5, 5.41) is 7.95. The molecule has 1 N–H and O–H groups in total. The normalized spacial score (nSPS) is 15.4. The van der Waals surface area contributed by atoms with Crippen LogP contribution in [0.25, 0.3) is 6.08 Å². The first-order valence-corrected chi connectivity index (χ1v) is 10.8. The first-order valence-electron chi connectivity index (χ1n) is 10.0. The van der Waals surface area contributed by atoms with Crippen LogP contribution in [-0.4, -0.2) is 26.7 Å². The lowest BCUT2D eigenvalue weighted by molar-refractivity contribution is -0.122. The van der Waals surface area contributed by atoms with E-state index in [1.165, 1.54) is 4.90 Å². The van der Waals surface area contributed by atoms with E-state index in [4.69, 9.17) is 23.8 Å². The summed E-state index contributed by atoms with van der Waals surface area (Å²) in [6.07, 6.45) is 1.59. The number of hydrogen-bond donors (Lipinski definition) is 1. The van der Waals surface area contributed by atoms with Crippen LogP contribution in [0.4, 0.5) is 5.69 Å². The second kappa shape index (κ2) is 8.68. The number of carbonyl (C=O) groups is 2. The van der Waals surface area contributed by atoms with E-state index in [0.29, 0.717) is 28.5 Å². The fraction of sp³-hybridized carbons (Fsp3) is 0.167. The van der Waals surface area contributed by atoms with E-state index in [2.05, 4.69) is 10.4 Å². The van der Waals surface area contributed by atoms with Crippen LogP contribution in [-0.2, 0) is 16.1 Å². The molecule has 32 heavy (non-hydrogen) atoms. The molecule has 1 saturated heterocycles. The standard InChI is InChI=1S/C24H21ClN4O2S/c1-14-8-4-7-11-21(14)29-23(31)19(22(30)26-24(29)32)12-18-15(2)27-28(16(18)3)13-17-9-5-6-10-20(17)25/h4-12H,13H2,1-3H3,(H,26,30,32)/b19-12+. The number of carbonyl (C=O) groups excluding carboxylic acids is 2. The fourth-order valence-corrected chi connectivity index (χ4v) is 4.17. The zero-order valence-electron chi connectivity index (χ0n) is 17.8. The fourth-order valence-electron chi connectivity index (χ4n) is 3.70. The molecular weight excluding hydrogens is 444 g/mol. The number of amides is 2. The summed E-state index contributed by atoms with van der Waals surface area (Å²) in [5.41, 5.74) is 4.69. The number of anilines is 1. The Labute approximate surface area is 196 Å². The molecule has 6 nitrogen and oxygen atoms in total. The lowest BCUT2D eigenvalue weighted by Crippen LogP contribution is -2.54. The van der Waals surface area contributed by atoms with Crippen molar-refractivity contribution < 1.29 is 9.59 Å². The highest BCUT2D eigenvalue weighted by Crippen LogP contribution is 2.27. The van der Waals surface area contributed by atoms with Gasteiger partial charge in [0.25, 0.3) is 11.8 Å². The molecule has 8 heteroatoms. The van der Waals surface area contributed by atoms with Crippen molar-refractivity contribution in [2.75, 3.05) is 4.90 Å². The molecule has 2 amide bonds. The van der Waals surface area contributed by atoms with Crippen LogP contribution in [0.2, 0.25) is 5.02 Å². The second-order valence-electron chi connectivity index (χ2n) is 7.58. The molecule has 0 unspecified atom stereocenters. The van der Waals surface area contributed by atoms with Gasteiger partial charge in [0.15, 0.2) is 5.11 Å². The number of thiocarbonyl (C=S) groups is 1. The maximum atomic E-state index is 13.3. The third-order valence-electron chi connectivity index (χ3n) is 5.46. The zero-order valence-corrected chi connectivity index (χ0v) is 19.4. The molecule has 4 rings (SSSR count). The molecule has 0 saturated carbocycles. The molecule has 3 aromatic rings. The third kappa shape index (κ3) is 3.97. The van der Waals surface area contributed by atoms with E-state index >= 15 is 0 Å². The van der Waals surface area contributed by atoms with Gasteiger partial charge in [-0.2, -0.15) is 5.10 Å². The molecule has 2 heterocycles. The number of nitrogens with zero attached hydrogens (tertiary/aromatic N) is 3. The van der Waals surface area contributed by atoms with E-state index in [1.807, 2.05) is 67.9 Å². The Balaban J connectivity index is 1.73. The van der Waals surface area contributed by atoms with Crippen molar-refractivity contribution >= 4 is 52.5 Å². The first kappa shape index (κ1) is 21.9. The monoisotopic (exact) mass is 464 g/mol. The highest BCUT2D eigenvalue weighted by molar-refractivity contribution is 7.80. The molecule has 1 fully saturated rings. The predicted molar refractivity (Wildman–Crippen MR) is 130 cm³/mol. The van der Waals surface area contributed by atoms with Gasteiger partial charge in [0.2, 0.25) is 0 Å². The third-order valence-corrected chi connectivity index (χ3v) is 6.12. The van der Waals surface area contributed by atoms with Crippen molar-refractivity contribution in [3.05, 3.63) is 87.2 Å². The van der Waals surface area contributed by atoms with Crippen molar-refractivity contribution in [3.63, 3.8) is 0 Å². The number of hydrogen-bond acceptors (Lipinski definition) is 4. The molecular formula is C24H21ClN4O2S. The SMILES string of the molecule is Cc1ccccc1N1C(=O)/C(=C/c2c(C)nn(Cc3ccccc3Cl)c2C)C(=O)NC1=S. The maximum absolute atomic E-state index is 13.3. The molecule has 162 valence electrons. The van der Waals surface area contributed by atoms with Gasteiger partial charge in [0.05, 0.1) is 17.9 Å². The van der Waals surface area contributed by atoms with E-state index in [1.54, 1.807) is 12.1 Å². The smallest absolute Gasteiger partial charge is 0.270 e. The van der Waals surface area contributed by atoms with E-state index < -0.39 is 11.8 Å². The number of aryl methyl sites for hydroxylation is 2. The van der Waals surface area contributed by atoms with Crippen LogP contribution in [0.1, 0.15) is 28.1 Å². The summed E-state index contributed by atoms with van der Waals surface area (Å²) in [7, 11) is 0. The highest BCUT2D eigenvalue weighted by atomic mass is 35.5. The summed E-state index contributed by atoms with van der Waals surface area (Å²) >= 11 is 11.6. The van der Waals surface area contributed by atoms with Gasteiger partial charge in [-0.15, -0.1) is 0 Å². The van der Waals surface area contributed by atoms with Crippen LogP contribution in [0.5, 0.6) is 0 Å². The number of aromatic nitrogens is 2. The summed E-state index contributed by atoms with van der Waals surface area (Å²) in [4.78, 5) is 27.4. The topological polar surface area (TPSA) is 67.2 Å².